The van der Waals surface area contributed by atoms with E-state index in [9.17, 15) is 0 Å². The molecule has 0 amide bonds. The van der Waals surface area contributed by atoms with Gasteiger partial charge in [0.25, 0.3) is 0 Å². The van der Waals surface area contributed by atoms with Crippen molar-refractivity contribution in [2.45, 2.75) is 136 Å². The molecule has 0 unspecified atom stereocenters. The van der Waals surface area contributed by atoms with Crippen molar-refractivity contribution < 1.29 is 14.2 Å². The fraction of sp³-hybridized carbons (Fsp3) is 0.353. The van der Waals surface area contributed by atoms with Gasteiger partial charge in [0.05, 0.1) is 42.6 Å². The van der Waals surface area contributed by atoms with Crippen LogP contribution >= 0.6 is 0 Å². The van der Waals surface area contributed by atoms with Crippen LogP contribution in [0.5, 0.6) is 17.2 Å². The first-order valence-electron chi connectivity index (χ1n) is 28.5. The Balaban J connectivity index is 1.17. The summed E-state index contributed by atoms with van der Waals surface area (Å²) in [5.41, 5.74) is 15.6. The van der Waals surface area contributed by atoms with Gasteiger partial charge >= 0.3 is 0 Å². The highest BCUT2D eigenvalue weighted by Crippen LogP contribution is 2.39. The standard InChI is InChI=1S/C68H78N4O3/c1-4-7-10-13-16-22-47-73-54-33-27-51(28-34-54)66-59-41-39-57(69-59)65(50-25-20-19-21-26-50)58-40-42-60(70-58)67(52-29-35-55(36-30-52)74-48-23-17-14-11-8-5-2)62-44-46-64(72-62)68(63-45-43-61(66)71-63)53-31-37-56(38-32-53)75-49-24-18-15-12-9-6-3/h19-21,25-46,69,72H,4-18,22-24,47-49H2,1-3H3. The van der Waals surface area contributed by atoms with Crippen molar-refractivity contribution in [3.8, 4) is 61.8 Å². The molecule has 8 bridgehead atoms. The van der Waals surface area contributed by atoms with E-state index < -0.39 is 0 Å². The summed E-state index contributed by atoms with van der Waals surface area (Å²) in [4.78, 5) is 18.9. The first-order valence-corrected chi connectivity index (χ1v) is 28.5. The summed E-state index contributed by atoms with van der Waals surface area (Å²) >= 11 is 0. The van der Waals surface area contributed by atoms with E-state index in [4.69, 9.17) is 24.2 Å². The number of unbranched alkanes of at least 4 members (excludes halogenated alkanes) is 15. The Morgan fingerprint density at radius 3 is 0.853 bits per heavy atom. The molecule has 0 spiro atoms. The van der Waals surface area contributed by atoms with Gasteiger partial charge in [-0.1, -0.05) is 184 Å². The Labute approximate surface area is 446 Å². The van der Waals surface area contributed by atoms with Crippen LogP contribution in [0.25, 0.3) is 90.9 Å². The monoisotopic (exact) mass is 999 g/mol. The number of ether oxygens (including phenoxy) is 3. The van der Waals surface area contributed by atoms with Gasteiger partial charge in [0.2, 0.25) is 0 Å². The summed E-state index contributed by atoms with van der Waals surface area (Å²) in [6.07, 6.45) is 30.8. The number of benzene rings is 4. The second-order valence-corrected chi connectivity index (χ2v) is 20.3. The second-order valence-electron chi connectivity index (χ2n) is 20.3. The maximum atomic E-state index is 6.30. The molecule has 388 valence electrons. The zero-order valence-electron chi connectivity index (χ0n) is 44.9. The summed E-state index contributed by atoms with van der Waals surface area (Å²) in [7, 11) is 0. The van der Waals surface area contributed by atoms with Crippen molar-refractivity contribution in [3.05, 3.63) is 150 Å². The van der Waals surface area contributed by atoms with E-state index in [0.29, 0.717) is 6.61 Å². The Bertz CT molecular complexity index is 3070. The third-order valence-electron chi connectivity index (χ3n) is 14.5. The lowest BCUT2D eigenvalue weighted by molar-refractivity contribution is 0.304. The number of fused-ring (bicyclic) bond motifs is 8. The van der Waals surface area contributed by atoms with E-state index in [1.54, 1.807) is 0 Å². The van der Waals surface area contributed by atoms with E-state index in [1.165, 1.54) is 96.3 Å². The number of nitrogens with one attached hydrogen (secondary N) is 2. The van der Waals surface area contributed by atoms with Crippen molar-refractivity contribution in [2.75, 3.05) is 19.8 Å². The van der Waals surface area contributed by atoms with Crippen LogP contribution in [0, 0.1) is 0 Å². The van der Waals surface area contributed by atoms with Crippen LogP contribution in [0.4, 0.5) is 0 Å². The molecular formula is C68H78N4O3. The Kier molecular flexibility index (Phi) is 19.3. The zero-order valence-corrected chi connectivity index (χ0v) is 44.9. The third-order valence-corrected chi connectivity index (χ3v) is 14.5. The van der Waals surface area contributed by atoms with E-state index in [2.05, 4.69) is 182 Å². The molecule has 2 N–H and O–H groups in total. The highest BCUT2D eigenvalue weighted by molar-refractivity contribution is 5.99. The Hall–Kier alpha value is -7.12. The maximum absolute atomic E-state index is 6.30. The number of H-pyrrole nitrogens is 2. The first kappa shape index (κ1) is 52.7. The maximum Gasteiger partial charge on any atom is 0.119 e. The SMILES string of the molecule is CCCCCCCCOc1ccc(-c2c3nc(c(-c4ccc(OCCCCCCCC)cc4)c4ccc([nH]4)c(-c4ccc(OCCCCCCCC)cc4)c4nc(c(-c5ccccc5)c5ccc2[nH]5)C=C4)C=C3)cc1. The lowest BCUT2D eigenvalue weighted by Gasteiger charge is -2.10. The van der Waals surface area contributed by atoms with Crippen molar-refractivity contribution in [1.29, 1.82) is 0 Å². The van der Waals surface area contributed by atoms with Crippen LogP contribution in [0.15, 0.2) is 127 Å². The predicted molar refractivity (Wildman–Crippen MR) is 317 cm³/mol. The first-order chi connectivity index (χ1) is 37.1. The minimum atomic E-state index is 0.716. The number of hydrogen-bond acceptors (Lipinski definition) is 5. The molecule has 0 radical (unpaired) electrons. The van der Waals surface area contributed by atoms with Crippen molar-refractivity contribution in [2.24, 2.45) is 0 Å². The molecular weight excluding hydrogens is 921 g/mol. The highest BCUT2D eigenvalue weighted by Gasteiger charge is 2.19. The minimum Gasteiger partial charge on any atom is -0.494 e. The van der Waals surface area contributed by atoms with Crippen molar-refractivity contribution in [3.63, 3.8) is 0 Å². The van der Waals surface area contributed by atoms with Crippen molar-refractivity contribution >= 4 is 46.4 Å². The third kappa shape index (κ3) is 14.0. The van der Waals surface area contributed by atoms with Gasteiger partial charge < -0.3 is 24.2 Å². The number of nitrogens with zero attached hydrogens (tertiary/aromatic N) is 2. The number of aromatic nitrogens is 4. The second kappa shape index (κ2) is 27.4. The Morgan fingerprint density at radius 1 is 0.293 bits per heavy atom. The molecule has 3 aromatic heterocycles. The largest absolute Gasteiger partial charge is 0.494 e. The Morgan fingerprint density at radius 2 is 0.560 bits per heavy atom. The molecule has 7 aromatic rings. The summed E-state index contributed by atoms with van der Waals surface area (Å²) in [6, 6.07) is 45.0. The lowest BCUT2D eigenvalue weighted by atomic mass is 10.0. The zero-order chi connectivity index (χ0) is 51.4. The molecule has 0 saturated carbocycles. The van der Waals surface area contributed by atoms with Crippen LogP contribution < -0.4 is 14.2 Å². The molecule has 2 aliphatic heterocycles. The van der Waals surface area contributed by atoms with E-state index in [0.717, 1.165) is 139 Å². The molecule has 7 nitrogen and oxygen atoms in total. The molecule has 7 heteroatoms. The van der Waals surface area contributed by atoms with Crippen LogP contribution in [-0.4, -0.2) is 39.8 Å². The average molecular weight is 999 g/mol. The van der Waals surface area contributed by atoms with Crippen LogP contribution in [0.2, 0.25) is 0 Å². The smallest absolute Gasteiger partial charge is 0.119 e. The lowest BCUT2D eigenvalue weighted by Crippen LogP contribution is -1.97. The van der Waals surface area contributed by atoms with Gasteiger partial charge in [0.1, 0.15) is 17.2 Å². The van der Waals surface area contributed by atoms with Gasteiger partial charge in [-0.3, -0.25) is 0 Å². The highest BCUT2D eigenvalue weighted by atomic mass is 16.5. The molecule has 4 aromatic carbocycles. The predicted octanol–water partition coefficient (Wildman–Crippen LogP) is 19.5. The summed E-state index contributed by atoms with van der Waals surface area (Å²) < 4.78 is 18.9. The molecule has 0 fully saturated rings. The van der Waals surface area contributed by atoms with Gasteiger partial charge in [-0.15, -0.1) is 0 Å². The molecule has 0 saturated heterocycles. The van der Waals surface area contributed by atoms with E-state index in [1.807, 2.05) is 0 Å². The molecule has 5 heterocycles. The van der Waals surface area contributed by atoms with E-state index in [-0.39, 0.29) is 0 Å². The number of rotatable bonds is 28. The van der Waals surface area contributed by atoms with Gasteiger partial charge in [0.15, 0.2) is 0 Å². The normalized spacial score (nSPS) is 11.9. The molecule has 2 aliphatic rings. The van der Waals surface area contributed by atoms with Crippen LogP contribution in [-0.2, 0) is 0 Å². The summed E-state index contributed by atoms with van der Waals surface area (Å²) in [5.74, 6) is 2.63. The minimum absolute atomic E-state index is 0.716. The van der Waals surface area contributed by atoms with Gasteiger partial charge in [-0.05, 0) is 126 Å². The van der Waals surface area contributed by atoms with Crippen molar-refractivity contribution in [1.82, 2.24) is 19.9 Å². The average Bonchev–Trinajstić information content (AvgIpc) is 4.31. The topological polar surface area (TPSA) is 85.1 Å². The fourth-order valence-corrected chi connectivity index (χ4v) is 10.4. The quantitative estimate of drug-likeness (QED) is 0.0478. The van der Waals surface area contributed by atoms with Gasteiger partial charge in [-0.2, -0.15) is 0 Å². The number of aromatic amines is 2. The fourth-order valence-electron chi connectivity index (χ4n) is 10.4. The molecule has 75 heavy (non-hydrogen) atoms. The summed E-state index contributed by atoms with van der Waals surface area (Å²) in [5, 5.41) is 0. The molecule has 9 rings (SSSR count). The van der Waals surface area contributed by atoms with E-state index >= 15 is 0 Å². The van der Waals surface area contributed by atoms with Crippen LogP contribution in [0.3, 0.4) is 0 Å². The van der Waals surface area contributed by atoms with Gasteiger partial charge in [-0.25, -0.2) is 9.97 Å². The molecule has 0 atom stereocenters. The summed E-state index contributed by atoms with van der Waals surface area (Å²) in [6.45, 7) is 8.94. The molecule has 0 aliphatic carbocycles. The van der Waals surface area contributed by atoms with Gasteiger partial charge in [0, 0.05) is 44.3 Å². The number of hydrogen-bond donors (Lipinski definition) is 2. The van der Waals surface area contributed by atoms with Crippen LogP contribution in [0.1, 0.15) is 159 Å².